The van der Waals surface area contributed by atoms with Crippen molar-refractivity contribution in [1.29, 1.82) is 0 Å². The number of terminal acetylenes is 1. The lowest BCUT2D eigenvalue weighted by molar-refractivity contribution is 0.0697. The van der Waals surface area contributed by atoms with Gasteiger partial charge in [0.05, 0.1) is 12.2 Å². The maximum atomic E-state index is 11.0. The lowest BCUT2D eigenvalue weighted by atomic mass is 10.2. The van der Waals surface area contributed by atoms with Crippen LogP contribution < -0.4 is 4.90 Å². The summed E-state index contributed by atoms with van der Waals surface area (Å²) in [7, 11) is 0. The summed E-state index contributed by atoms with van der Waals surface area (Å²) in [5.74, 6) is 1.46. The van der Waals surface area contributed by atoms with Crippen LogP contribution in [-0.2, 0) is 0 Å². The highest BCUT2D eigenvalue weighted by atomic mass is 16.4. The highest BCUT2D eigenvalue weighted by Gasteiger charge is 2.14. The first-order chi connectivity index (χ1) is 7.70. The molecule has 0 aromatic carbocycles. The van der Waals surface area contributed by atoms with Crippen LogP contribution in [0.4, 0.5) is 5.69 Å². The molecule has 0 bridgehead atoms. The second-order valence-corrected chi connectivity index (χ2v) is 3.07. The molecule has 0 spiro atoms. The molecule has 0 radical (unpaired) electrons. The van der Waals surface area contributed by atoms with E-state index >= 15 is 0 Å². The molecule has 0 saturated heterocycles. The molecule has 0 fully saturated rings. The summed E-state index contributed by atoms with van der Waals surface area (Å²) in [6.07, 6.45) is 9.75. The molecular weight excluding hydrogens is 204 g/mol. The first kappa shape index (κ1) is 11.8. The number of hydrogen-bond donors (Lipinski definition) is 1. The number of pyridine rings is 1. The summed E-state index contributed by atoms with van der Waals surface area (Å²) < 4.78 is 0. The van der Waals surface area contributed by atoms with Gasteiger partial charge in [-0.1, -0.05) is 12.0 Å². The molecule has 1 aromatic heterocycles. The van der Waals surface area contributed by atoms with E-state index in [1.54, 1.807) is 17.0 Å². The monoisotopic (exact) mass is 216 g/mol. The Kier molecular flexibility index (Phi) is 4.10. The smallest absolute Gasteiger partial charge is 0.339 e. The highest BCUT2D eigenvalue weighted by molar-refractivity contribution is 5.94. The van der Waals surface area contributed by atoms with Crippen LogP contribution in [0.2, 0.25) is 0 Å². The van der Waals surface area contributed by atoms with E-state index in [1.165, 1.54) is 12.4 Å². The van der Waals surface area contributed by atoms with Gasteiger partial charge in [0.15, 0.2) is 0 Å². The molecule has 0 unspecified atom stereocenters. The molecule has 1 rings (SSSR count). The van der Waals surface area contributed by atoms with E-state index in [1.807, 2.05) is 0 Å². The minimum atomic E-state index is -1.02. The van der Waals surface area contributed by atoms with Gasteiger partial charge in [-0.15, -0.1) is 13.0 Å². The number of carbonyl (C=O) groups is 1. The number of hydrogen-bond acceptors (Lipinski definition) is 3. The third-order valence-electron chi connectivity index (χ3n) is 2.00. The van der Waals surface area contributed by atoms with E-state index in [9.17, 15) is 4.79 Å². The predicted octanol–water partition coefficient (Wildman–Crippen LogP) is 1.41. The molecule has 0 aliphatic rings. The molecule has 16 heavy (non-hydrogen) atoms. The van der Waals surface area contributed by atoms with Gasteiger partial charge in [-0.05, 0) is 6.07 Å². The zero-order chi connectivity index (χ0) is 12.0. The topological polar surface area (TPSA) is 53.4 Å². The van der Waals surface area contributed by atoms with E-state index in [2.05, 4.69) is 17.5 Å². The summed E-state index contributed by atoms with van der Waals surface area (Å²) in [5.41, 5.74) is 0.694. The molecule has 1 N–H and O–H groups in total. The maximum Gasteiger partial charge on any atom is 0.339 e. The van der Waals surface area contributed by atoms with E-state index < -0.39 is 5.97 Å². The average molecular weight is 216 g/mol. The Balaban J connectivity index is 3.12. The molecular formula is C12H12N2O2. The van der Waals surface area contributed by atoms with Crippen molar-refractivity contribution in [3.05, 3.63) is 36.7 Å². The summed E-state index contributed by atoms with van der Waals surface area (Å²) in [6.45, 7) is 4.43. The Bertz CT molecular complexity index is 435. The number of nitrogens with zero attached hydrogens (tertiary/aromatic N) is 2. The van der Waals surface area contributed by atoms with Crippen LogP contribution >= 0.6 is 0 Å². The number of carboxylic acid groups (broad SMARTS) is 1. The van der Waals surface area contributed by atoms with Gasteiger partial charge >= 0.3 is 5.97 Å². The summed E-state index contributed by atoms with van der Waals surface area (Å²) >= 11 is 0. The molecule has 0 amide bonds. The van der Waals surface area contributed by atoms with Crippen molar-refractivity contribution >= 4 is 11.7 Å². The number of rotatable bonds is 5. The van der Waals surface area contributed by atoms with Gasteiger partial charge in [-0.25, -0.2) is 4.79 Å². The Morgan fingerprint density at radius 3 is 3.06 bits per heavy atom. The van der Waals surface area contributed by atoms with Crippen LogP contribution in [0.5, 0.6) is 0 Å². The summed E-state index contributed by atoms with van der Waals surface area (Å²) in [5, 5.41) is 9.01. The minimum Gasteiger partial charge on any atom is -0.478 e. The van der Waals surface area contributed by atoms with Crippen molar-refractivity contribution in [1.82, 2.24) is 4.98 Å². The van der Waals surface area contributed by atoms with Crippen molar-refractivity contribution in [2.45, 2.75) is 0 Å². The lowest BCUT2D eigenvalue weighted by Crippen LogP contribution is -2.25. The van der Waals surface area contributed by atoms with Gasteiger partial charge < -0.3 is 10.0 Å². The maximum absolute atomic E-state index is 11.0. The molecule has 4 heteroatoms. The largest absolute Gasteiger partial charge is 0.478 e. The van der Waals surface area contributed by atoms with Gasteiger partial charge in [-0.2, -0.15) is 0 Å². The van der Waals surface area contributed by atoms with E-state index in [0.717, 1.165) is 0 Å². The fraction of sp³-hybridized carbons (Fsp3) is 0.167. The number of anilines is 1. The minimum absolute atomic E-state index is 0.139. The van der Waals surface area contributed by atoms with Crippen molar-refractivity contribution in [2.75, 3.05) is 18.0 Å². The normalized spacial score (nSPS) is 9.19. The van der Waals surface area contributed by atoms with Crippen LogP contribution in [0.1, 0.15) is 10.4 Å². The number of aromatic carboxylic acids is 1. The van der Waals surface area contributed by atoms with Crippen LogP contribution in [0.25, 0.3) is 0 Å². The SMILES string of the molecule is C#CCN(CC=C)c1ccncc1C(=O)O. The van der Waals surface area contributed by atoms with Crippen LogP contribution in [0.15, 0.2) is 31.1 Å². The molecule has 1 aromatic rings. The zero-order valence-electron chi connectivity index (χ0n) is 8.76. The van der Waals surface area contributed by atoms with E-state index in [-0.39, 0.29) is 5.56 Å². The standard InChI is InChI=1S/C12H12N2O2/c1-3-7-14(8-4-2)11-5-6-13-9-10(11)12(15)16/h1,4-6,9H,2,7-8H2,(H,15,16). The molecule has 1 heterocycles. The van der Waals surface area contributed by atoms with E-state index in [0.29, 0.717) is 18.8 Å². The molecule has 4 nitrogen and oxygen atoms in total. The van der Waals surface area contributed by atoms with Crippen LogP contribution in [-0.4, -0.2) is 29.1 Å². The van der Waals surface area contributed by atoms with Crippen molar-refractivity contribution in [2.24, 2.45) is 0 Å². The van der Waals surface area contributed by atoms with Crippen molar-refractivity contribution in [3.63, 3.8) is 0 Å². The molecule has 0 saturated carbocycles. The van der Waals surface area contributed by atoms with Gasteiger partial charge in [-0.3, -0.25) is 4.98 Å². The third-order valence-corrected chi connectivity index (χ3v) is 2.00. The first-order valence-electron chi connectivity index (χ1n) is 4.67. The number of aromatic nitrogens is 1. The Labute approximate surface area is 94.2 Å². The first-order valence-corrected chi connectivity index (χ1v) is 4.67. The zero-order valence-corrected chi connectivity index (χ0v) is 8.76. The lowest BCUT2D eigenvalue weighted by Gasteiger charge is -2.21. The van der Waals surface area contributed by atoms with Gasteiger partial charge in [0.2, 0.25) is 0 Å². The Hall–Kier alpha value is -2.28. The van der Waals surface area contributed by atoms with Crippen LogP contribution in [0, 0.1) is 12.3 Å². The second kappa shape index (κ2) is 5.56. The molecule has 0 aliphatic heterocycles. The third kappa shape index (κ3) is 2.61. The fourth-order valence-corrected chi connectivity index (χ4v) is 1.34. The Morgan fingerprint density at radius 2 is 2.50 bits per heavy atom. The summed E-state index contributed by atoms with van der Waals surface area (Å²) in [4.78, 5) is 16.5. The number of carboxylic acids is 1. The quantitative estimate of drug-likeness (QED) is 0.597. The van der Waals surface area contributed by atoms with Crippen molar-refractivity contribution < 1.29 is 9.90 Å². The highest BCUT2D eigenvalue weighted by Crippen LogP contribution is 2.18. The van der Waals surface area contributed by atoms with Gasteiger partial charge in [0.25, 0.3) is 0 Å². The second-order valence-electron chi connectivity index (χ2n) is 3.07. The van der Waals surface area contributed by atoms with Crippen LogP contribution in [0.3, 0.4) is 0 Å². The van der Waals surface area contributed by atoms with Crippen molar-refractivity contribution in [3.8, 4) is 12.3 Å². The molecule has 82 valence electrons. The average Bonchev–Trinajstić information content (AvgIpc) is 2.29. The van der Waals surface area contributed by atoms with Gasteiger partial charge in [0.1, 0.15) is 5.56 Å². The van der Waals surface area contributed by atoms with Gasteiger partial charge in [0, 0.05) is 18.9 Å². The van der Waals surface area contributed by atoms with E-state index in [4.69, 9.17) is 11.5 Å². The predicted molar refractivity (Wildman–Crippen MR) is 62.4 cm³/mol. The fourth-order valence-electron chi connectivity index (χ4n) is 1.34. The molecule has 0 atom stereocenters. The Morgan fingerprint density at radius 1 is 1.75 bits per heavy atom. The summed E-state index contributed by atoms with van der Waals surface area (Å²) in [6, 6.07) is 1.63. The molecule has 0 aliphatic carbocycles.